The molecule has 0 spiro atoms. The van der Waals surface area contributed by atoms with E-state index in [0.29, 0.717) is 13.2 Å². The molecule has 0 saturated carbocycles. The van der Waals surface area contributed by atoms with Crippen LogP contribution >= 0.6 is 0 Å². The standard InChI is InChI=1S/C20H27N5O2/c1-3-14-8-10-16(11-9-14)22-19-18(23-25-24-19)20(26)21-13-15-6-5-7-17(12-15)27-4-2/h5-12,18-19,22-25H,3-4,13H2,1-2H3,(H,21,26). The van der Waals surface area contributed by atoms with E-state index in [1.54, 1.807) is 0 Å². The van der Waals surface area contributed by atoms with Crippen molar-refractivity contribution < 1.29 is 9.53 Å². The Morgan fingerprint density at radius 3 is 2.63 bits per heavy atom. The molecule has 2 aromatic carbocycles. The summed E-state index contributed by atoms with van der Waals surface area (Å²) in [4.78, 5) is 12.6. The third-order valence-corrected chi connectivity index (χ3v) is 4.43. The predicted octanol–water partition coefficient (Wildman–Crippen LogP) is 1.68. The van der Waals surface area contributed by atoms with E-state index in [-0.39, 0.29) is 12.1 Å². The van der Waals surface area contributed by atoms with Crippen molar-refractivity contribution >= 4 is 11.6 Å². The maximum Gasteiger partial charge on any atom is 0.242 e. The zero-order valence-electron chi connectivity index (χ0n) is 15.7. The van der Waals surface area contributed by atoms with Gasteiger partial charge in [0.25, 0.3) is 0 Å². The largest absolute Gasteiger partial charge is 0.494 e. The van der Waals surface area contributed by atoms with E-state index in [0.717, 1.165) is 23.4 Å². The third kappa shape index (κ3) is 5.19. The van der Waals surface area contributed by atoms with Crippen molar-refractivity contribution in [2.75, 3.05) is 11.9 Å². The number of amides is 1. The van der Waals surface area contributed by atoms with E-state index >= 15 is 0 Å². The summed E-state index contributed by atoms with van der Waals surface area (Å²) in [5.74, 6) is 0.707. The summed E-state index contributed by atoms with van der Waals surface area (Å²) in [6.07, 6.45) is 0.730. The zero-order valence-corrected chi connectivity index (χ0v) is 15.7. The molecule has 1 saturated heterocycles. The van der Waals surface area contributed by atoms with Crippen LogP contribution in [0.1, 0.15) is 25.0 Å². The summed E-state index contributed by atoms with van der Waals surface area (Å²) < 4.78 is 5.50. The molecular weight excluding hydrogens is 342 g/mol. The van der Waals surface area contributed by atoms with Gasteiger partial charge in [0.2, 0.25) is 5.91 Å². The summed E-state index contributed by atoms with van der Waals surface area (Å²) in [5.41, 5.74) is 12.0. The summed E-state index contributed by atoms with van der Waals surface area (Å²) in [6.45, 7) is 5.13. The van der Waals surface area contributed by atoms with Gasteiger partial charge in [0.1, 0.15) is 18.0 Å². The van der Waals surface area contributed by atoms with E-state index in [2.05, 4.69) is 46.1 Å². The molecule has 1 aliphatic heterocycles. The number of benzene rings is 2. The molecule has 0 aliphatic carbocycles. The number of carbonyl (C=O) groups excluding carboxylic acids is 1. The van der Waals surface area contributed by atoms with Crippen LogP contribution in [0, 0.1) is 0 Å². The maximum atomic E-state index is 12.6. The summed E-state index contributed by atoms with van der Waals surface area (Å²) in [5, 5.41) is 6.30. The Bertz CT molecular complexity index is 750. The average Bonchev–Trinajstić information content (AvgIpc) is 3.15. The van der Waals surface area contributed by atoms with Crippen LogP contribution in [0.5, 0.6) is 5.75 Å². The fourth-order valence-electron chi connectivity index (χ4n) is 2.93. The van der Waals surface area contributed by atoms with Crippen LogP contribution in [0.3, 0.4) is 0 Å². The van der Waals surface area contributed by atoms with Crippen LogP contribution in [-0.4, -0.2) is 24.7 Å². The second kappa shape index (κ2) is 9.36. The van der Waals surface area contributed by atoms with Crippen LogP contribution in [-0.2, 0) is 17.8 Å². The van der Waals surface area contributed by atoms with Crippen LogP contribution in [0.2, 0.25) is 0 Å². The number of hydrazine groups is 2. The molecule has 1 fully saturated rings. The Hall–Kier alpha value is -2.61. The van der Waals surface area contributed by atoms with Crippen molar-refractivity contribution in [1.82, 2.24) is 21.7 Å². The Morgan fingerprint density at radius 1 is 1.07 bits per heavy atom. The predicted molar refractivity (Wildman–Crippen MR) is 106 cm³/mol. The zero-order chi connectivity index (χ0) is 19.1. The third-order valence-electron chi connectivity index (χ3n) is 4.43. The van der Waals surface area contributed by atoms with Gasteiger partial charge >= 0.3 is 0 Å². The number of anilines is 1. The van der Waals surface area contributed by atoms with Crippen LogP contribution < -0.4 is 31.8 Å². The molecule has 7 nitrogen and oxygen atoms in total. The molecule has 2 unspecified atom stereocenters. The van der Waals surface area contributed by atoms with Crippen molar-refractivity contribution in [1.29, 1.82) is 0 Å². The van der Waals surface area contributed by atoms with Gasteiger partial charge in [0.15, 0.2) is 0 Å². The minimum atomic E-state index is -0.453. The van der Waals surface area contributed by atoms with Gasteiger partial charge in [-0.1, -0.05) is 31.2 Å². The lowest BCUT2D eigenvalue weighted by molar-refractivity contribution is -0.123. The first-order chi connectivity index (χ1) is 13.2. The van der Waals surface area contributed by atoms with Crippen LogP contribution in [0.4, 0.5) is 5.69 Å². The molecule has 144 valence electrons. The maximum absolute atomic E-state index is 12.6. The number of ether oxygens (including phenoxy) is 1. The number of hydrogen-bond donors (Lipinski definition) is 5. The first kappa shape index (κ1) is 19.2. The molecule has 0 aromatic heterocycles. The topological polar surface area (TPSA) is 86.5 Å². The van der Waals surface area contributed by atoms with Gasteiger partial charge in [-0.05, 0) is 48.7 Å². The quantitative estimate of drug-likeness (QED) is 0.487. The van der Waals surface area contributed by atoms with Crippen molar-refractivity contribution in [2.45, 2.75) is 39.0 Å². The molecule has 7 heteroatoms. The summed E-state index contributed by atoms with van der Waals surface area (Å²) in [7, 11) is 0. The van der Waals surface area contributed by atoms with Gasteiger partial charge in [0, 0.05) is 12.2 Å². The smallest absolute Gasteiger partial charge is 0.242 e. The van der Waals surface area contributed by atoms with Crippen molar-refractivity contribution in [3.05, 3.63) is 59.7 Å². The number of rotatable bonds is 8. The lowest BCUT2D eigenvalue weighted by Gasteiger charge is -2.20. The van der Waals surface area contributed by atoms with E-state index in [1.807, 2.05) is 43.3 Å². The molecular formula is C20H27N5O2. The van der Waals surface area contributed by atoms with E-state index in [4.69, 9.17) is 4.74 Å². The fourth-order valence-corrected chi connectivity index (χ4v) is 2.93. The van der Waals surface area contributed by atoms with E-state index < -0.39 is 6.04 Å². The molecule has 2 atom stereocenters. The number of nitrogens with one attached hydrogen (secondary N) is 5. The molecule has 1 amide bonds. The number of hydrogen-bond acceptors (Lipinski definition) is 6. The second-order valence-corrected chi connectivity index (χ2v) is 6.36. The normalized spacial score (nSPS) is 18.9. The summed E-state index contributed by atoms with van der Waals surface area (Å²) in [6, 6.07) is 15.5. The number of carbonyl (C=O) groups is 1. The van der Waals surface area contributed by atoms with E-state index in [1.165, 1.54) is 5.56 Å². The Labute approximate surface area is 159 Å². The highest BCUT2D eigenvalue weighted by molar-refractivity contribution is 5.83. The SMILES string of the molecule is CCOc1cccc(CNC(=O)C2NNNC2Nc2ccc(CC)cc2)c1. The Kier molecular flexibility index (Phi) is 6.64. The molecule has 0 bridgehead atoms. The van der Waals surface area contributed by atoms with Gasteiger partial charge in [-0.25, -0.2) is 10.9 Å². The summed E-state index contributed by atoms with van der Waals surface area (Å²) >= 11 is 0. The molecule has 1 heterocycles. The minimum absolute atomic E-state index is 0.100. The first-order valence-corrected chi connectivity index (χ1v) is 9.30. The molecule has 3 rings (SSSR count). The molecule has 0 radical (unpaired) electrons. The lowest BCUT2D eigenvalue weighted by Crippen LogP contribution is -2.50. The fraction of sp³-hybridized carbons (Fsp3) is 0.350. The molecule has 2 aromatic rings. The van der Waals surface area contributed by atoms with E-state index in [9.17, 15) is 4.79 Å². The molecule has 27 heavy (non-hydrogen) atoms. The van der Waals surface area contributed by atoms with Crippen molar-refractivity contribution in [2.24, 2.45) is 0 Å². The van der Waals surface area contributed by atoms with Gasteiger partial charge in [-0.3, -0.25) is 4.79 Å². The Balaban J connectivity index is 1.55. The molecule has 5 N–H and O–H groups in total. The van der Waals surface area contributed by atoms with Gasteiger partial charge in [-0.2, -0.15) is 5.53 Å². The van der Waals surface area contributed by atoms with Gasteiger partial charge in [0.05, 0.1) is 6.61 Å². The lowest BCUT2D eigenvalue weighted by atomic mass is 10.1. The highest BCUT2D eigenvalue weighted by Gasteiger charge is 2.32. The highest BCUT2D eigenvalue weighted by atomic mass is 16.5. The van der Waals surface area contributed by atoms with Gasteiger partial charge in [-0.15, -0.1) is 0 Å². The average molecular weight is 369 g/mol. The number of aryl methyl sites for hydroxylation is 1. The van der Waals surface area contributed by atoms with Crippen LogP contribution in [0.25, 0.3) is 0 Å². The van der Waals surface area contributed by atoms with Crippen LogP contribution in [0.15, 0.2) is 48.5 Å². The second-order valence-electron chi connectivity index (χ2n) is 6.36. The minimum Gasteiger partial charge on any atom is -0.494 e. The van der Waals surface area contributed by atoms with Gasteiger partial charge < -0.3 is 15.4 Å². The highest BCUT2D eigenvalue weighted by Crippen LogP contribution is 2.14. The monoisotopic (exact) mass is 369 g/mol. The van der Waals surface area contributed by atoms with Crippen molar-refractivity contribution in [3.63, 3.8) is 0 Å². The molecule has 1 aliphatic rings. The van der Waals surface area contributed by atoms with Crippen molar-refractivity contribution in [3.8, 4) is 5.75 Å². The first-order valence-electron chi connectivity index (χ1n) is 9.30. The Morgan fingerprint density at radius 2 is 1.89 bits per heavy atom.